The molecule has 0 saturated heterocycles. The lowest BCUT2D eigenvalue weighted by Gasteiger charge is -2.16. The van der Waals surface area contributed by atoms with E-state index in [0.29, 0.717) is 13.2 Å². The highest BCUT2D eigenvalue weighted by atomic mass is 16.5. The van der Waals surface area contributed by atoms with E-state index in [4.69, 9.17) is 15.3 Å². The third kappa shape index (κ3) is 3.51. The second-order valence-electron chi connectivity index (χ2n) is 3.16. The largest absolute Gasteiger partial charge is 0.497 e. The predicted molar refractivity (Wildman–Crippen MR) is 59.6 cm³/mol. The van der Waals surface area contributed by atoms with Gasteiger partial charge >= 0.3 is 0 Å². The monoisotopic (exact) mass is 210 g/mol. The van der Waals surface area contributed by atoms with Gasteiger partial charge in [-0.3, -0.25) is 11.3 Å². The molecule has 0 radical (unpaired) electrons. The van der Waals surface area contributed by atoms with Crippen molar-refractivity contribution in [1.29, 1.82) is 0 Å². The summed E-state index contributed by atoms with van der Waals surface area (Å²) in [6.07, 6.45) is 0. The van der Waals surface area contributed by atoms with Crippen LogP contribution in [0.3, 0.4) is 0 Å². The average molecular weight is 210 g/mol. The van der Waals surface area contributed by atoms with Crippen LogP contribution in [0.1, 0.15) is 18.5 Å². The lowest BCUT2D eigenvalue weighted by atomic mass is 10.1. The molecular formula is C11H18N2O2. The zero-order valence-electron chi connectivity index (χ0n) is 9.19. The van der Waals surface area contributed by atoms with Crippen molar-refractivity contribution in [1.82, 2.24) is 5.43 Å². The molecule has 0 saturated carbocycles. The maximum absolute atomic E-state index is 5.47. The van der Waals surface area contributed by atoms with Crippen LogP contribution in [0.15, 0.2) is 24.3 Å². The fourth-order valence-electron chi connectivity index (χ4n) is 1.33. The summed E-state index contributed by atoms with van der Waals surface area (Å²) in [6, 6.07) is 7.78. The second-order valence-corrected chi connectivity index (χ2v) is 3.16. The lowest BCUT2D eigenvalue weighted by Crippen LogP contribution is -2.31. The van der Waals surface area contributed by atoms with Gasteiger partial charge in [-0.05, 0) is 24.6 Å². The van der Waals surface area contributed by atoms with Crippen molar-refractivity contribution >= 4 is 0 Å². The van der Waals surface area contributed by atoms with Crippen LogP contribution in [0.5, 0.6) is 5.75 Å². The molecule has 0 aliphatic heterocycles. The highest BCUT2D eigenvalue weighted by molar-refractivity contribution is 5.30. The minimum atomic E-state index is 0.0000463. The van der Waals surface area contributed by atoms with Crippen LogP contribution in [-0.2, 0) is 4.74 Å². The number of benzene rings is 1. The van der Waals surface area contributed by atoms with E-state index in [1.54, 1.807) is 7.11 Å². The minimum Gasteiger partial charge on any atom is -0.497 e. The molecule has 1 aromatic rings. The zero-order valence-corrected chi connectivity index (χ0v) is 9.19. The summed E-state index contributed by atoms with van der Waals surface area (Å²) in [7, 11) is 1.65. The van der Waals surface area contributed by atoms with E-state index in [1.807, 2.05) is 31.2 Å². The van der Waals surface area contributed by atoms with Gasteiger partial charge in [0.15, 0.2) is 0 Å². The Morgan fingerprint density at radius 2 is 2.27 bits per heavy atom. The molecule has 0 aliphatic rings. The molecule has 1 unspecified atom stereocenters. The fourth-order valence-corrected chi connectivity index (χ4v) is 1.33. The first-order chi connectivity index (χ1) is 7.31. The molecule has 0 fully saturated rings. The first-order valence-corrected chi connectivity index (χ1v) is 4.99. The highest BCUT2D eigenvalue weighted by Crippen LogP contribution is 2.18. The molecule has 0 aromatic heterocycles. The van der Waals surface area contributed by atoms with Crippen molar-refractivity contribution in [2.24, 2.45) is 5.84 Å². The molecule has 1 atom stereocenters. The zero-order chi connectivity index (χ0) is 11.1. The molecule has 3 N–H and O–H groups in total. The van der Waals surface area contributed by atoms with Gasteiger partial charge in [-0.15, -0.1) is 0 Å². The maximum Gasteiger partial charge on any atom is 0.119 e. The first kappa shape index (κ1) is 12.0. The number of rotatable bonds is 6. The molecule has 0 amide bonds. The van der Waals surface area contributed by atoms with E-state index >= 15 is 0 Å². The maximum atomic E-state index is 5.47. The lowest BCUT2D eigenvalue weighted by molar-refractivity contribution is 0.123. The highest BCUT2D eigenvalue weighted by Gasteiger charge is 2.09. The number of nitrogens with one attached hydrogen (secondary N) is 1. The van der Waals surface area contributed by atoms with E-state index in [1.165, 1.54) is 0 Å². The molecule has 0 aliphatic carbocycles. The van der Waals surface area contributed by atoms with Gasteiger partial charge in [-0.2, -0.15) is 0 Å². The third-order valence-electron chi connectivity index (χ3n) is 2.19. The Labute approximate surface area is 90.3 Å². The Morgan fingerprint density at radius 3 is 2.87 bits per heavy atom. The minimum absolute atomic E-state index is 0.0000463. The summed E-state index contributed by atoms with van der Waals surface area (Å²) in [5, 5.41) is 0. The SMILES string of the molecule is CCOCC(NN)c1cccc(OC)c1. The van der Waals surface area contributed by atoms with Gasteiger partial charge in [-0.25, -0.2) is 0 Å². The van der Waals surface area contributed by atoms with Crippen molar-refractivity contribution in [3.8, 4) is 5.75 Å². The number of nitrogens with two attached hydrogens (primary N) is 1. The number of hydrogen-bond donors (Lipinski definition) is 2. The topological polar surface area (TPSA) is 56.5 Å². The van der Waals surface area contributed by atoms with Gasteiger partial charge in [0.25, 0.3) is 0 Å². The van der Waals surface area contributed by atoms with Gasteiger partial charge in [-0.1, -0.05) is 12.1 Å². The number of methoxy groups -OCH3 is 1. The predicted octanol–water partition coefficient (Wildman–Crippen LogP) is 1.24. The van der Waals surface area contributed by atoms with Crippen LogP contribution in [0.4, 0.5) is 0 Å². The molecule has 0 heterocycles. The van der Waals surface area contributed by atoms with E-state index in [-0.39, 0.29) is 6.04 Å². The van der Waals surface area contributed by atoms with Crippen LogP contribution in [0, 0.1) is 0 Å². The van der Waals surface area contributed by atoms with Gasteiger partial charge in [0, 0.05) is 6.61 Å². The summed E-state index contributed by atoms with van der Waals surface area (Å²) in [5.74, 6) is 6.29. The van der Waals surface area contributed by atoms with Gasteiger partial charge in [0.1, 0.15) is 5.75 Å². The Bertz CT molecular complexity index is 292. The van der Waals surface area contributed by atoms with Crippen molar-refractivity contribution < 1.29 is 9.47 Å². The molecule has 0 spiro atoms. The van der Waals surface area contributed by atoms with E-state index in [9.17, 15) is 0 Å². The molecule has 1 rings (SSSR count). The third-order valence-corrected chi connectivity index (χ3v) is 2.19. The molecule has 84 valence electrons. The Balaban J connectivity index is 2.72. The normalized spacial score (nSPS) is 12.5. The Morgan fingerprint density at radius 1 is 1.47 bits per heavy atom. The van der Waals surface area contributed by atoms with E-state index in [0.717, 1.165) is 11.3 Å². The summed E-state index contributed by atoms with van der Waals surface area (Å²) in [6.45, 7) is 3.20. The average Bonchev–Trinajstić information content (AvgIpc) is 2.30. The van der Waals surface area contributed by atoms with Crippen LogP contribution in [-0.4, -0.2) is 20.3 Å². The summed E-state index contributed by atoms with van der Waals surface area (Å²) >= 11 is 0. The first-order valence-electron chi connectivity index (χ1n) is 4.99. The molecular weight excluding hydrogens is 192 g/mol. The summed E-state index contributed by atoms with van der Waals surface area (Å²) < 4.78 is 10.5. The van der Waals surface area contributed by atoms with Crippen molar-refractivity contribution in [2.75, 3.05) is 20.3 Å². The fraction of sp³-hybridized carbons (Fsp3) is 0.455. The quantitative estimate of drug-likeness (QED) is 0.548. The van der Waals surface area contributed by atoms with E-state index in [2.05, 4.69) is 5.43 Å². The summed E-state index contributed by atoms with van der Waals surface area (Å²) in [4.78, 5) is 0. The van der Waals surface area contributed by atoms with Crippen molar-refractivity contribution in [3.05, 3.63) is 29.8 Å². The van der Waals surface area contributed by atoms with E-state index < -0.39 is 0 Å². The molecule has 4 heteroatoms. The summed E-state index contributed by atoms with van der Waals surface area (Å²) in [5.41, 5.74) is 3.78. The Hall–Kier alpha value is -1.10. The standard InChI is InChI=1S/C11H18N2O2/c1-3-15-8-11(13-12)9-5-4-6-10(7-9)14-2/h4-7,11,13H,3,8,12H2,1-2H3. The Kier molecular flexibility index (Phi) is 5.10. The second kappa shape index (κ2) is 6.40. The van der Waals surface area contributed by atoms with Gasteiger partial charge < -0.3 is 9.47 Å². The van der Waals surface area contributed by atoms with Crippen LogP contribution in [0.25, 0.3) is 0 Å². The van der Waals surface area contributed by atoms with Crippen molar-refractivity contribution in [2.45, 2.75) is 13.0 Å². The van der Waals surface area contributed by atoms with Gasteiger partial charge in [0.2, 0.25) is 0 Å². The molecule has 1 aromatic carbocycles. The smallest absolute Gasteiger partial charge is 0.119 e. The molecule has 0 bridgehead atoms. The number of hydrazine groups is 1. The number of ether oxygens (including phenoxy) is 2. The van der Waals surface area contributed by atoms with Crippen molar-refractivity contribution in [3.63, 3.8) is 0 Å². The van der Waals surface area contributed by atoms with Crippen LogP contribution in [0.2, 0.25) is 0 Å². The number of hydrogen-bond acceptors (Lipinski definition) is 4. The molecule has 4 nitrogen and oxygen atoms in total. The van der Waals surface area contributed by atoms with Crippen LogP contribution < -0.4 is 16.0 Å². The van der Waals surface area contributed by atoms with Gasteiger partial charge in [0.05, 0.1) is 19.8 Å². The molecule has 15 heavy (non-hydrogen) atoms. The van der Waals surface area contributed by atoms with Crippen LogP contribution >= 0.6 is 0 Å².